The third kappa shape index (κ3) is 4.78. The smallest absolute Gasteiger partial charge is 0.416 e. The molecule has 4 aromatic rings. The van der Waals surface area contributed by atoms with Crippen LogP contribution in [0.25, 0.3) is 0 Å². The minimum atomic E-state index is -4.67. The molecule has 3 atom stereocenters. The molecule has 2 aromatic carbocycles. The van der Waals surface area contributed by atoms with Crippen LogP contribution in [0, 0.1) is 12.8 Å². The Morgan fingerprint density at radius 1 is 1.02 bits per heavy atom. The van der Waals surface area contributed by atoms with Crippen LogP contribution >= 0.6 is 23.1 Å². The molecular weight excluding hydrogens is 579 g/mol. The fourth-order valence-electron chi connectivity index (χ4n) is 5.17. The lowest BCUT2D eigenvalue weighted by molar-refractivity contribution is -0.137. The van der Waals surface area contributed by atoms with E-state index in [2.05, 4.69) is 5.32 Å². The Labute approximate surface area is 238 Å². The Morgan fingerprint density at radius 3 is 2.51 bits per heavy atom. The first-order valence-corrected chi connectivity index (χ1v) is 14.1. The molecule has 0 spiro atoms. The van der Waals surface area contributed by atoms with E-state index in [1.165, 1.54) is 16.9 Å². The van der Waals surface area contributed by atoms with Gasteiger partial charge in [-0.2, -0.15) is 13.2 Å². The number of nitrogens with one attached hydrogen (secondary N) is 1. The summed E-state index contributed by atoms with van der Waals surface area (Å²) in [6.45, 7) is 1.53. The van der Waals surface area contributed by atoms with Gasteiger partial charge in [0.25, 0.3) is 0 Å². The molecule has 3 unspecified atom stereocenters. The van der Waals surface area contributed by atoms with E-state index in [0.717, 1.165) is 51.8 Å². The number of halogens is 3. The lowest BCUT2D eigenvalue weighted by atomic mass is 9.87. The molecule has 2 aliphatic rings. The molecule has 1 N–H and O–H groups in total. The highest BCUT2D eigenvalue weighted by molar-refractivity contribution is 8.00. The van der Waals surface area contributed by atoms with Crippen molar-refractivity contribution in [3.8, 4) is 0 Å². The van der Waals surface area contributed by atoms with Crippen molar-refractivity contribution in [1.29, 1.82) is 0 Å². The Bertz CT molecular complexity index is 1740. The molecule has 41 heavy (non-hydrogen) atoms. The molecule has 0 radical (unpaired) electrons. The maximum atomic E-state index is 13.8. The number of fused-ring (bicyclic) bond motifs is 2. The van der Waals surface area contributed by atoms with Crippen LogP contribution in [0.4, 0.5) is 24.5 Å². The fourth-order valence-corrected chi connectivity index (χ4v) is 7.93. The largest absolute Gasteiger partial charge is 0.469 e. The first kappa shape index (κ1) is 27.1. The van der Waals surface area contributed by atoms with Gasteiger partial charge >= 0.3 is 11.0 Å². The van der Waals surface area contributed by atoms with Crippen LogP contribution in [0.15, 0.2) is 81.2 Å². The molecule has 1 saturated heterocycles. The van der Waals surface area contributed by atoms with Gasteiger partial charge in [0.15, 0.2) is 0 Å². The number of furan rings is 1. The second kappa shape index (κ2) is 10.1. The highest BCUT2D eigenvalue weighted by atomic mass is 32.2. The number of thiazole rings is 1. The summed E-state index contributed by atoms with van der Waals surface area (Å²) >= 11 is 1.81. The molecule has 210 valence electrons. The number of benzene rings is 2. The normalized spacial score (nSPS) is 20.2. The van der Waals surface area contributed by atoms with Crippen molar-refractivity contribution in [2.24, 2.45) is 5.92 Å². The summed E-state index contributed by atoms with van der Waals surface area (Å²) in [5, 5.41) is 2.04. The van der Waals surface area contributed by atoms with Gasteiger partial charge in [-0.25, -0.2) is 4.90 Å². The van der Waals surface area contributed by atoms with Gasteiger partial charge in [0.05, 0.1) is 39.3 Å². The maximum Gasteiger partial charge on any atom is 0.416 e. The van der Waals surface area contributed by atoms with E-state index in [0.29, 0.717) is 21.4 Å². The van der Waals surface area contributed by atoms with Crippen LogP contribution in [-0.4, -0.2) is 27.5 Å². The zero-order chi connectivity index (χ0) is 29.1. The predicted octanol–water partition coefficient (Wildman–Crippen LogP) is 5.26. The lowest BCUT2D eigenvalue weighted by Crippen LogP contribution is -2.32. The molecule has 13 heteroatoms. The lowest BCUT2D eigenvalue weighted by Gasteiger charge is -2.29. The Hall–Kier alpha value is -4.10. The quantitative estimate of drug-likeness (QED) is 0.314. The summed E-state index contributed by atoms with van der Waals surface area (Å²) in [5.74, 6) is -3.42. The van der Waals surface area contributed by atoms with Crippen molar-refractivity contribution in [1.82, 2.24) is 4.57 Å². The Balaban J connectivity index is 1.38. The molecule has 6 rings (SSSR count). The van der Waals surface area contributed by atoms with Crippen LogP contribution in [0.5, 0.6) is 0 Å². The molecule has 0 aliphatic carbocycles. The molecule has 0 bridgehead atoms. The summed E-state index contributed by atoms with van der Waals surface area (Å²) in [7, 11) is 0. The fraction of sp³-hybridized carbons (Fsp3) is 0.214. The summed E-state index contributed by atoms with van der Waals surface area (Å²) < 4.78 is 47.1. The SMILES string of the molecule is Cc1cccc(NC(=O)Cn2c3c(sc2=O)C(c2ccco2)C2C(=O)N(c4cccc(C(F)(F)F)c4)C(=O)C2S3)c1. The highest BCUT2D eigenvalue weighted by Gasteiger charge is 2.57. The van der Waals surface area contributed by atoms with Crippen molar-refractivity contribution >= 4 is 52.2 Å². The van der Waals surface area contributed by atoms with Crippen LogP contribution in [0.1, 0.15) is 27.7 Å². The van der Waals surface area contributed by atoms with E-state index >= 15 is 0 Å². The average molecular weight is 600 g/mol. The third-order valence-corrected chi connectivity index (χ3v) is 9.54. The minimum Gasteiger partial charge on any atom is -0.469 e. The molecule has 2 aliphatic heterocycles. The number of anilines is 2. The van der Waals surface area contributed by atoms with Crippen molar-refractivity contribution < 1.29 is 32.0 Å². The number of imide groups is 1. The van der Waals surface area contributed by atoms with Crippen LogP contribution in [-0.2, 0) is 27.1 Å². The van der Waals surface area contributed by atoms with Crippen molar-refractivity contribution in [3.05, 3.63) is 98.4 Å². The zero-order valence-corrected chi connectivity index (χ0v) is 22.8. The summed E-state index contributed by atoms with van der Waals surface area (Å²) in [5.41, 5.74) is 0.307. The first-order valence-electron chi connectivity index (χ1n) is 12.4. The number of aromatic nitrogens is 1. The van der Waals surface area contributed by atoms with E-state index in [9.17, 15) is 32.3 Å². The molecule has 4 heterocycles. The van der Waals surface area contributed by atoms with Gasteiger partial charge < -0.3 is 9.73 Å². The summed E-state index contributed by atoms with van der Waals surface area (Å²) in [6, 6.07) is 14.4. The minimum absolute atomic E-state index is 0.193. The number of rotatable bonds is 5. The van der Waals surface area contributed by atoms with Crippen LogP contribution < -0.4 is 15.1 Å². The standard InChI is InChI=1S/C28H20F3N3O5S2/c1-14-5-2-7-16(11-14)32-19(35)13-33-26-23(41-27(33)38)20(18-9-4-10-39-18)21-22(40-26)25(37)34(24(21)36)17-8-3-6-15(12-17)28(29,30)31/h2-12,20-22H,13H2,1H3,(H,32,35). The highest BCUT2D eigenvalue weighted by Crippen LogP contribution is 2.54. The molecule has 3 amide bonds. The zero-order valence-electron chi connectivity index (χ0n) is 21.2. The van der Waals surface area contributed by atoms with E-state index in [1.54, 1.807) is 30.3 Å². The van der Waals surface area contributed by atoms with Crippen molar-refractivity contribution in [2.45, 2.75) is 35.8 Å². The van der Waals surface area contributed by atoms with E-state index in [1.807, 2.05) is 13.0 Å². The van der Waals surface area contributed by atoms with Crippen LogP contribution in [0.3, 0.4) is 0 Å². The van der Waals surface area contributed by atoms with E-state index < -0.39 is 51.4 Å². The number of carbonyl (C=O) groups excluding carboxylic acids is 3. The van der Waals surface area contributed by atoms with Gasteiger partial charge in [0, 0.05) is 5.69 Å². The number of thioether (sulfide) groups is 1. The summed E-state index contributed by atoms with van der Waals surface area (Å²) in [6.07, 6.45) is -3.27. The van der Waals surface area contributed by atoms with Gasteiger partial charge in [0.1, 0.15) is 17.6 Å². The van der Waals surface area contributed by atoms with E-state index in [4.69, 9.17) is 4.42 Å². The van der Waals surface area contributed by atoms with Crippen molar-refractivity contribution in [3.63, 3.8) is 0 Å². The number of alkyl halides is 3. The van der Waals surface area contributed by atoms with E-state index in [-0.39, 0.29) is 12.2 Å². The second-order valence-electron chi connectivity index (χ2n) is 9.66. The molecule has 2 aromatic heterocycles. The first-order chi connectivity index (χ1) is 19.5. The Morgan fingerprint density at radius 2 is 1.80 bits per heavy atom. The summed E-state index contributed by atoms with van der Waals surface area (Å²) in [4.78, 5) is 54.2. The predicted molar refractivity (Wildman–Crippen MR) is 146 cm³/mol. The number of amides is 3. The maximum absolute atomic E-state index is 13.8. The average Bonchev–Trinajstić information content (AvgIpc) is 3.61. The number of hydrogen-bond donors (Lipinski definition) is 1. The molecule has 0 saturated carbocycles. The van der Waals surface area contributed by atoms with Gasteiger partial charge in [-0.1, -0.05) is 41.3 Å². The second-order valence-corrected chi connectivity index (χ2v) is 11.8. The van der Waals surface area contributed by atoms with Gasteiger partial charge in [-0.15, -0.1) is 0 Å². The monoisotopic (exact) mass is 599 g/mol. The van der Waals surface area contributed by atoms with Crippen LogP contribution in [0.2, 0.25) is 0 Å². The molecule has 8 nitrogen and oxygen atoms in total. The molecular formula is C28H20F3N3O5S2. The molecule has 1 fully saturated rings. The van der Waals surface area contributed by atoms with Gasteiger partial charge in [-0.05, 0) is 55.0 Å². The van der Waals surface area contributed by atoms with Gasteiger partial charge in [0.2, 0.25) is 17.7 Å². The van der Waals surface area contributed by atoms with Gasteiger partial charge in [-0.3, -0.25) is 23.7 Å². The van der Waals surface area contributed by atoms with Crippen molar-refractivity contribution in [2.75, 3.05) is 10.2 Å². The number of nitrogens with zero attached hydrogens (tertiary/aromatic N) is 2. The topological polar surface area (TPSA) is 102 Å². The number of carbonyl (C=O) groups is 3. The number of hydrogen-bond acceptors (Lipinski definition) is 7. The third-order valence-electron chi connectivity index (χ3n) is 6.93. The number of aryl methyl sites for hydroxylation is 1. The Kier molecular flexibility index (Phi) is 6.65.